The van der Waals surface area contributed by atoms with Crippen LogP contribution in [0.15, 0.2) is 109 Å². The van der Waals surface area contributed by atoms with E-state index in [4.69, 9.17) is 9.47 Å². The van der Waals surface area contributed by atoms with E-state index in [0.717, 1.165) is 83.5 Å². The van der Waals surface area contributed by atoms with E-state index in [1.54, 1.807) is 6.08 Å². The maximum absolute atomic E-state index is 13.2. The molecule has 9 nitrogen and oxygen atoms in total. The first kappa shape index (κ1) is 85.9. The van der Waals surface area contributed by atoms with Gasteiger partial charge in [-0.25, -0.2) is 0 Å². The molecule has 0 aromatic carbocycles. The van der Waals surface area contributed by atoms with Gasteiger partial charge in [-0.3, -0.25) is 4.79 Å². The van der Waals surface area contributed by atoms with Crippen molar-refractivity contribution < 1.29 is 39.8 Å². The zero-order chi connectivity index (χ0) is 65.7. The molecule has 526 valence electrons. The lowest BCUT2D eigenvalue weighted by Gasteiger charge is -2.40. The lowest BCUT2D eigenvalue weighted by molar-refractivity contribution is -0.302. The van der Waals surface area contributed by atoms with Crippen LogP contribution >= 0.6 is 0 Å². The van der Waals surface area contributed by atoms with Gasteiger partial charge in [0.15, 0.2) is 6.29 Å². The summed E-state index contributed by atoms with van der Waals surface area (Å²) in [6.45, 7) is 3.69. The second kappa shape index (κ2) is 69.7. The van der Waals surface area contributed by atoms with Crippen LogP contribution in [0, 0.1) is 0 Å². The smallest absolute Gasteiger partial charge is 0.220 e. The minimum absolute atomic E-state index is 0.186. The Bertz CT molecular complexity index is 1810. The fourth-order valence-corrected chi connectivity index (χ4v) is 11.9. The molecule has 1 amide bonds. The fraction of sp³-hybridized carbons (Fsp3) is 0.768. The summed E-state index contributed by atoms with van der Waals surface area (Å²) in [7, 11) is 0. The number of hydrogen-bond acceptors (Lipinski definition) is 8. The van der Waals surface area contributed by atoms with E-state index in [2.05, 4.69) is 116 Å². The number of carbonyl (C=O) groups excluding carboxylic acids is 1. The number of amides is 1. The minimum Gasteiger partial charge on any atom is -0.394 e. The van der Waals surface area contributed by atoms with Crippen molar-refractivity contribution in [3.8, 4) is 0 Å². The van der Waals surface area contributed by atoms with Crippen LogP contribution in [-0.4, -0.2) is 87.5 Å². The van der Waals surface area contributed by atoms with E-state index in [9.17, 15) is 30.3 Å². The molecule has 0 aromatic heterocycles. The zero-order valence-electron chi connectivity index (χ0n) is 59.1. The SMILES string of the molecule is CC/C=C\C/C=C\C/C=C\C/C=C\C/C=C\C/C=C\C/C=C\CCCCCCCCCCCCCCCCCC(=O)NC(COC1OC(CO)C(O)C(O)C1O)C(O)/C=C/CC/C=C/CCCCCCCCCCCCCCCCCCCCCCCCCCC. The van der Waals surface area contributed by atoms with Gasteiger partial charge in [-0.2, -0.15) is 0 Å². The highest BCUT2D eigenvalue weighted by Crippen LogP contribution is 2.23. The first-order chi connectivity index (χ1) is 44.8. The number of unbranched alkanes of at least 4 members (excludes halogenated alkanes) is 41. The standard InChI is InChI=1S/C82H145NO8/c1-3-5-7-9-11-13-15-17-19-21-23-25-27-29-31-33-35-36-37-38-39-40-42-44-46-48-50-52-54-56-58-60-62-64-66-68-70-72-78(86)83-75(74-90-82-81(89)80(88)79(87)77(73-84)91-82)76(85)71-69-67-65-63-61-59-57-55-53-51-49-47-45-43-41-34-32-30-28-26-24-22-20-18-16-14-12-10-8-6-4-2/h5,7,11,13,17,19,23,25,29,31,35-36,38-39,61,63,69,71,75-77,79-82,84-85,87-89H,3-4,6,8-10,12,14-16,18,20-22,24,26-28,30,32-34,37,40-60,62,64-68,70,72-74H2,1-2H3,(H,83,86)/b7-5-,13-11-,19-17-,25-23-,31-29-,36-35-,39-38-,63-61+,71-69+. The zero-order valence-corrected chi connectivity index (χ0v) is 59.1. The molecule has 1 fully saturated rings. The summed E-state index contributed by atoms with van der Waals surface area (Å²) < 4.78 is 11.3. The summed E-state index contributed by atoms with van der Waals surface area (Å²) in [5.74, 6) is -0.186. The van der Waals surface area contributed by atoms with Crippen molar-refractivity contribution in [2.24, 2.45) is 0 Å². The number of allylic oxidation sites excluding steroid dienone is 17. The van der Waals surface area contributed by atoms with Crippen molar-refractivity contribution in [1.29, 1.82) is 0 Å². The molecule has 91 heavy (non-hydrogen) atoms. The van der Waals surface area contributed by atoms with Gasteiger partial charge in [0.2, 0.25) is 5.91 Å². The number of aliphatic hydroxyl groups excluding tert-OH is 5. The number of hydrogen-bond donors (Lipinski definition) is 6. The Morgan fingerprint density at radius 3 is 1.05 bits per heavy atom. The summed E-state index contributed by atoms with van der Waals surface area (Å²) in [4.78, 5) is 13.2. The molecule has 1 saturated heterocycles. The second-order valence-corrected chi connectivity index (χ2v) is 26.4. The highest BCUT2D eigenvalue weighted by Gasteiger charge is 2.44. The molecule has 0 aromatic rings. The van der Waals surface area contributed by atoms with Gasteiger partial charge in [0.05, 0.1) is 25.4 Å². The van der Waals surface area contributed by atoms with Crippen LogP contribution < -0.4 is 5.32 Å². The van der Waals surface area contributed by atoms with E-state index in [1.165, 1.54) is 244 Å². The van der Waals surface area contributed by atoms with Gasteiger partial charge in [-0.1, -0.05) is 361 Å². The molecule has 0 aliphatic carbocycles. The molecule has 7 unspecified atom stereocenters. The average molecular weight is 1270 g/mol. The Morgan fingerprint density at radius 1 is 0.385 bits per heavy atom. The third kappa shape index (κ3) is 58.0. The maximum atomic E-state index is 13.2. The Morgan fingerprint density at radius 2 is 0.692 bits per heavy atom. The third-order valence-electron chi connectivity index (χ3n) is 17.8. The van der Waals surface area contributed by atoms with Gasteiger partial charge in [-0.15, -0.1) is 0 Å². The van der Waals surface area contributed by atoms with Crippen molar-refractivity contribution in [3.05, 3.63) is 109 Å². The molecule has 1 heterocycles. The molecule has 0 radical (unpaired) electrons. The van der Waals surface area contributed by atoms with Gasteiger partial charge in [0.1, 0.15) is 24.4 Å². The van der Waals surface area contributed by atoms with E-state index in [0.29, 0.717) is 6.42 Å². The molecular formula is C82H145NO8. The second-order valence-electron chi connectivity index (χ2n) is 26.4. The predicted molar refractivity (Wildman–Crippen MR) is 391 cm³/mol. The van der Waals surface area contributed by atoms with Crippen LogP contribution in [-0.2, 0) is 14.3 Å². The minimum atomic E-state index is -1.58. The Balaban J connectivity index is 2.12. The molecule has 9 heteroatoms. The fourth-order valence-electron chi connectivity index (χ4n) is 11.9. The van der Waals surface area contributed by atoms with Crippen LogP contribution in [0.25, 0.3) is 0 Å². The van der Waals surface area contributed by atoms with Crippen LogP contribution in [0.1, 0.15) is 348 Å². The first-order valence-electron chi connectivity index (χ1n) is 38.6. The Labute approximate surface area is 561 Å². The van der Waals surface area contributed by atoms with E-state index < -0.39 is 49.5 Å². The average Bonchev–Trinajstić information content (AvgIpc) is 1.70. The van der Waals surface area contributed by atoms with Gasteiger partial charge in [0.25, 0.3) is 0 Å². The number of ether oxygens (including phenoxy) is 2. The monoisotopic (exact) mass is 1270 g/mol. The Hall–Kier alpha value is -3.15. The van der Waals surface area contributed by atoms with Crippen LogP contribution in [0.4, 0.5) is 0 Å². The molecule has 0 bridgehead atoms. The van der Waals surface area contributed by atoms with Crippen molar-refractivity contribution in [3.63, 3.8) is 0 Å². The lowest BCUT2D eigenvalue weighted by atomic mass is 9.99. The first-order valence-corrected chi connectivity index (χ1v) is 38.6. The summed E-state index contributed by atoms with van der Waals surface area (Å²) in [6, 6.07) is -0.830. The van der Waals surface area contributed by atoms with Gasteiger partial charge in [0, 0.05) is 6.42 Å². The van der Waals surface area contributed by atoms with Crippen LogP contribution in [0.2, 0.25) is 0 Å². The highest BCUT2D eigenvalue weighted by molar-refractivity contribution is 5.76. The van der Waals surface area contributed by atoms with Gasteiger partial charge in [-0.05, 0) is 89.9 Å². The normalized spacial score (nSPS) is 18.3. The largest absolute Gasteiger partial charge is 0.394 e. The van der Waals surface area contributed by atoms with Crippen LogP contribution in [0.3, 0.4) is 0 Å². The van der Waals surface area contributed by atoms with Crippen LogP contribution in [0.5, 0.6) is 0 Å². The van der Waals surface area contributed by atoms with Crippen molar-refractivity contribution in [2.75, 3.05) is 13.2 Å². The highest BCUT2D eigenvalue weighted by atomic mass is 16.7. The Kier molecular flexibility index (Phi) is 65.7. The predicted octanol–water partition coefficient (Wildman–Crippen LogP) is 22.0. The molecule has 0 saturated carbocycles. The van der Waals surface area contributed by atoms with Crippen molar-refractivity contribution in [2.45, 2.75) is 391 Å². The van der Waals surface area contributed by atoms with E-state index >= 15 is 0 Å². The number of rotatable bonds is 67. The molecule has 7 atom stereocenters. The third-order valence-corrected chi connectivity index (χ3v) is 17.8. The quantitative estimate of drug-likeness (QED) is 0.0261. The van der Waals surface area contributed by atoms with Crippen molar-refractivity contribution >= 4 is 5.91 Å². The number of aliphatic hydroxyl groups is 5. The molecule has 0 spiro atoms. The number of carbonyl (C=O) groups is 1. The summed E-state index contributed by atoms with van der Waals surface area (Å²) >= 11 is 0. The maximum Gasteiger partial charge on any atom is 0.220 e. The lowest BCUT2D eigenvalue weighted by Crippen LogP contribution is -2.60. The molecule has 1 aliphatic heterocycles. The summed E-state index contributed by atoms with van der Waals surface area (Å²) in [6.07, 6.45) is 96.5. The summed E-state index contributed by atoms with van der Waals surface area (Å²) in [5, 5.41) is 54.9. The van der Waals surface area contributed by atoms with Gasteiger partial charge < -0.3 is 40.3 Å². The van der Waals surface area contributed by atoms with Crippen molar-refractivity contribution in [1.82, 2.24) is 5.32 Å². The summed E-state index contributed by atoms with van der Waals surface area (Å²) in [5.41, 5.74) is 0. The molecular weight excluding hydrogens is 1130 g/mol. The molecule has 6 N–H and O–H groups in total. The van der Waals surface area contributed by atoms with E-state index in [-0.39, 0.29) is 12.5 Å². The van der Waals surface area contributed by atoms with Gasteiger partial charge >= 0.3 is 0 Å². The van der Waals surface area contributed by atoms with E-state index in [1.807, 2.05) is 6.08 Å². The topological polar surface area (TPSA) is 149 Å². The molecule has 1 rings (SSSR count). The number of nitrogens with one attached hydrogen (secondary N) is 1. The molecule has 1 aliphatic rings.